The highest BCUT2D eigenvalue weighted by molar-refractivity contribution is 6.30. The molecule has 2 heterocycles. The predicted molar refractivity (Wildman–Crippen MR) is 119 cm³/mol. The number of aliphatic hydroxyl groups excluding tert-OH is 1. The molecule has 0 aliphatic carbocycles. The van der Waals surface area contributed by atoms with Crippen molar-refractivity contribution in [2.24, 2.45) is 0 Å². The Morgan fingerprint density at radius 1 is 1.26 bits per heavy atom. The van der Waals surface area contributed by atoms with Gasteiger partial charge in [-0.2, -0.15) is 0 Å². The Morgan fingerprint density at radius 3 is 2.74 bits per heavy atom. The Balaban J connectivity index is 2.02. The number of carbonyl (C=O) groups excluding carboxylic acids is 1. The maximum Gasteiger partial charge on any atom is 0.256 e. The topological polar surface area (TPSA) is 100 Å². The average molecular weight is 442 g/mol. The van der Waals surface area contributed by atoms with Gasteiger partial charge in [0.25, 0.3) is 5.91 Å². The maximum atomic E-state index is 14.4. The molecule has 7 nitrogen and oxygen atoms in total. The van der Waals surface area contributed by atoms with E-state index in [4.69, 9.17) is 11.6 Å². The zero-order chi connectivity index (χ0) is 22.5. The number of rotatable bonds is 7. The standard InChI is InChI=1S/C22H21ClFN5O2/c1-12(2)16-10-26-19(15-6-14(23)4-5-18(15)24)7-20(16)29-21-17(9-25-11-28-21)22(31)27-8-13(3)30/h4-7,9-11,13,30H,1,8H2,2-3H3,(H,27,31)(H,25,26,28,29). The van der Waals surface area contributed by atoms with Crippen LogP contribution in [0.25, 0.3) is 16.8 Å². The Kier molecular flexibility index (Phi) is 6.94. The predicted octanol–water partition coefficient (Wildman–Crippen LogP) is 4.22. The van der Waals surface area contributed by atoms with Crippen LogP contribution in [0.1, 0.15) is 29.8 Å². The van der Waals surface area contributed by atoms with Gasteiger partial charge in [-0.3, -0.25) is 9.78 Å². The number of carbonyl (C=O) groups is 1. The third-order valence-electron chi connectivity index (χ3n) is 4.34. The van der Waals surface area contributed by atoms with Gasteiger partial charge >= 0.3 is 0 Å². The Hall–Kier alpha value is -3.36. The van der Waals surface area contributed by atoms with Crippen LogP contribution in [0, 0.1) is 5.82 Å². The van der Waals surface area contributed by atoms with E-state index in [-0.39, 0.29) is 23.5 Å². The Labute approximate surface area is 184 Å². The molecule has 160 valence electrons. The van der Waals surface area contributed by atoms with Crippen LogP contribution in [0.3, 0.4) is 0 Å². The molecule has 2 aromatic heterocycles. The van der Waals surface area contributed by atoms with E-state index in [1.807, 2.05) is 0 Å². The SMILES string of the molecule is C=C(C)c1cnc(-c2cc(Cl)ccc2F)cc1Nc1ncncc1C(=O)NCC(C)O. The highest BCUT2D eigenvalue weighted by Gasteiger charge is 2.17. The smallest absolute Gasteiger partial charge is 0.256 e. The van der Waals surface area contributed by atoms with E-state index in [1.54, 1.807) is 26.1 Å². The fourth-order valence-electron chi connectivity index (χ4n) is 2.80. The first-order valence-electron chi connectivity index (χ1n) is 9.41. The molecular weight excluding hydrogens is 421 g/mol. The van der Waals surface area contributed by atoms with Gasteiger partial charge in [-0.1, -0.05) is 18.2 Å². The lowest BCUT2D eigenvalue weighted by atomic mass is 10.0. The number of allylic oxidation sites excluding steroid dienone is 1. The molecule has 0 aliphatic heterocycles. The molecule has 0 saturated heterocycles. The number of benzene rings is 1. The molecule has 1 aromatic carbocycles. The van der Waals surface area contributed by atoms with Crippen molar-refractivity contribution in [2.45, 2.75) is 20.0 Å². The minimum absolute atomic E-state index is 0.0810. The highest BCUT2D eigenvalue weighted by atomic mass is 35.5. The van der Waals surface area contributed by atoms with Gasteiger partial charge in [0.2, 0.25) is 0 Å². The average Bonchev–Trinajstić information content (AvgIpc) is 2.74. The van der Waals surface area contributed by atoms with Crippen molar-refractivity contribution in [2.75, 3.05) is 11.9 Å². The second kappa shape index (κ2) is 9.63. The molecule has 0 spiro atoms. The molecule has 9 heteroatoms. The third kappa shape index (κ3) is 5.42. The van der Waals surface area contributed by atoms with Crippen molar-refractivity contribution in [3.05, 3.63) is 71.5 Å². The van der Waals surface area contributed by atoms with Gasteiger partial charge in [0.1, 0.15) is 23.5 Å². The van der Waals surface area contributed by atoms with Crippen molar-refractivity contribution < 1.29 is 14.3 Å². The maximum absolute atomic E-state index is 14.4. The van der Waals surface area contributed by atoms with E-state index in [0.717, 1.165) is 0 Å². The molecule has 3 aromatic rings. The molecule has 0 fully saturated rings. The first-order valence-corrected chi connectivity index (χ1v) is 9.78. The quantitative estimate of drug-likeness (QED) is 0.507. The van der Waals surface area contributed by atoms with E-state index in [9.17, 15) is 14.3 Å². The van der Waals surface area contributed by atoms with E-state index in [1.165, 1.54) is 30.7 Å². The Bertz CT molecular complexity index is 1140. The number of anilines is 2. The number of nitrogens with one attached hydrogen (secondary N) is 2. The van der Waals surface area contributed by atoms with Crippen LogP contribution in [0.15, 0.2) is 49.6 Å². The molecule has 31 heavy (non-hydrogen) atoms. The summed E-state index contributed by atoms with van der Waals surface area (Å²) in [4.78, 5) is 24.9. The van der Waals surface area contributed by atoms with Crippen LogP contribution in [-0.2, 0) is 0 Å². The van der Waals surface area contributed by atoms with Crippen LogP contribution < -0.4 is 10.6 Å². The van der Waals surface area contributed by atoms with Crippen molar-refractivity contribution in [1.82, 2.24) is 20.3 Å². The van der Waals surface area contributed by atoms with Crippen molar-refractivity contribution in [3.63, 3.8) is 0 Å². The zero-order valence-electron chi connectivity index (χ0n) is 17.0. The zero-order valence-corrected chi connectivity index (χ0v) is 17.7. The van der Waals surface area contributed by atoms with E-state index in [0.29, 0.717) is 27.5 Å². The van der Waals surface area contributed by atoms with Crippen LogP contribution in [0.2, 0.25) is 5.02 Å². The van der Waals surface area contributed by atoms with Crippen LogP contribution in [0.5, 0.6) is 0 Å². The molecule has 1 amide bonds. The molecule has 3 N–H and O–H groups in total. The Morgan fingerprint density at radius 2 is 2.03 bits per heavy atom. The fourth-order valence-corrected chi connectivity index (χ4v) is 2.97. The van der Waals surface area contributed by atoms with Crippen molar-refractivity contribution >= 4 is 34.6 Å². The molecular formula is C22H21ClFN5O2. The van der Waals surface area contributed by atoms with Crippen molar-refractivity contribution in [1.29, 1.82) is 0 Å². The first-order chi connectivity index (χ1) is 14.8. The highest BCUT2D eigenvalue weighted by Crippen LogP contribution is 2.32. The lowest BCUT2D eigenvalue weighted by molar-refractivity contribution is 0.0924. The second-order valence-corrected chi connectivity index (χ2v) is 7.43. The largest absolute Gasteiger partial charge is 0.392 e. The summed E-state index contributed by atoms with van der Waals surface area (Å²) >= 11 is 6.02. The summed E-state index contributed by atoms with van der Waals surface area (Å²) in [6.45, 7) is 7.40. The van der Waals surface area contributed by atoms with Gasteiger partial charge in [-0.25, -0.2) is 14.4 Å². The van der Waals surface area contributed by atoms with E-state index < -0.39 is 17.8 Å². The van der Waals surface area contributed by atoms with Gasteiger partial charge in [-0.15, -0.1) is 0 Å². The van der Waals surface area contributed by atoms with Crippen molar-refractivity contribution in [3.8, 4) is 11.3 Å². The van der Waals surface area contributed by atoms with E-state index >= 15 is 0 Å². The number of hydrogen-bond donors (Lipinski definition) is 3. The van der Waals surface area contributed by atoms with Crippen LogP contribution in [0.4, 0.5) is 15.9 Å². The van der Waals surface area contributed by atoms with Crippen LogP contribution >= 0.6 is 11.6 Å². The van der Waals surface area contributed by atoms with E-state index in [2.05, 4.69) is 32.2 Å². The van der Waals surface area contributed by atoms with Crippen LogP contribution in [-0.4, -0.2) is 38.6 Å². The first kappa shape index (κ1) is 22.3. The second-order valence-electron chi connectivity index (χ2n) is 6.99. The molecule has 0 saturated carbocycles. The summed E-state index contributed by atoms with van der Waals surface area (Å²) in [5.41, 5.74) is 2.67. The summed E-state index contributed by atoms with van der Waals surface area (Å²) in [6.07, 6.45) is 3.53. The number of aromatic nitrogens is 3. The molecule has 1 atom stereocenters. The number of aliphatic hydroxyl groups is 1. The molecule has 1 unspecified atom stereocenters. The van der Waals surface area contributed by atoms with Gasteiger partial charge in [-0.05, 0) is 43.7 Å². The number of pyridine rings is 1. The minimum Gasteiger partial charge on any atom is -0.392 e. The normalized spacial score (nSPS) is 11.6. The molecule has 3 rings (SSSR count). The molecule has 0 bridgehead atoms. The fraction of sp³-hybridized carbons (Fsp3) is 0.182. The summed E-state index contributed by atoms with van der Waals surface area (Å²) in [5, 5.41) is 15.5. The molecule has 0 radical (unpaired) electrons. The summed E-state index contributed by atoms with van der Waals surface area (Å²) in [5.74, 6) is -0.675. The number of hydrogen-bond acceptors (Lipinski definition) is 6. The monoisotopic (exact) mass is 441 g/mol. The van der Waals surface area contributed by atoms with Gasteiger partial charge < -0.3 is 15.7 Å². The number of amides is 1. The van der Waals surface area contributed by atoms with Gasteiger partial charge in [0.15, 0.2) is 0 Å². The third-order valence-corrected chi connectivity index (χ3v) is 4.57. The number of nitrogens with zero attached hydrogens (tertiary/aromatic N) is 3. The van der Waals surface area contributed by atoms with Gasteiger partial charge in [0, 0.05) is 35.1 Å². The summed E-state index contributed by atoms with van der Waals surface area (Å²) in [6, 6.07) is 5.86. The summed E-state index contributed by atoms with van der Waals surface area (Å²) in [7, 11) is 0. The minimum atomic E-state index is -0.699. The lowest BCUT2D eigenvalue weighted by Crippen LogP contribution is -2.31. The van der Waals surface area contributed by atoms with Gasteiger partial charge in [0.05, 0.1) is 17.5 Å². The number of halogens is 2. The lowest BCUT2D eigenvalue weighted by Gasteiger charge is -2.15. The molecule has 0 aliphatic rings. The summed E-state index contributed by atoms with van der Waals surface area (Å²) < 4.78 is 14.4.